The van der Waals surface area contributed by atoms with Gasteiger partial charge in [-0.05, 0) is 38.0 Å². The number of rotatable bonds is 6. The molecule has 0 saturated heterocycles. The minimum absolute atomic E-state index is 0.0992. The van der Waals surface area contributed by atoms with Crippen molar-refractivity contribution in [1.29, 1.82) is 0 Å². The van der Waals surface area contributed by atoms with E-state index in [-0.39, 0.29) is 18.5 Å². The lowest BCUT2D eigenvalue weighted by atomic mass is 9.98. The van der Waals surface area contributed by atoms with Crippen LogP contribution in [0.5, 0.6) is 5.75 Å². The van der Waals surface area contributed by atoms with Gasteiger partial charge < -0.3 is 13.9 Å². The Bertz CT molecular complexity index is 854. The number of esters is 1. The molecule has 1 aromatic carbocycles. The molecular weight excluding hydrogens is 320 g/mol. The Morgan fingerprint density at radius 3 is 2.44 bits per heavy atom. The second-order valence-corrected chi connectivity index (χ2v) is 6.55. The zero-order chi connectivity index (χ0) is 18.6. The molecule has 5 nitrogen and oxygen atoms in total. The first kappa shape index (κ1) is 18.8. The van der Waals surface area contributed by atoms with Crippen LogP contribution in [0.3, 0.4) is 0 Å². The van der Waals surface area contributed by atoms with Crippen LogP contribution in [0, 0.1) is 5.92 Å². The molecule has 0 unspecified atom stereocenters. The lowest BCUT2D eigenvalue weighted by Crippen LogP contribution is -2.11. The van der Waals surface area contributed by atoms with Crippen LogP contribution in [-0.4, -0.2) is 19.7 Å². The molecule has 134 valence electrons. The summed E-state index contributed by atoms with van der Waals surface area (Å²) in [7, 11) is 1.55. The lowest BCUT2D eigenvalue weighted by molar-refractivity contribution is -0.143. The molecule has 0 aliphatic carbocycles. The molecule has 1 aromatic heterocycles. The van der Waals surface area contributed by atoms with Crippen molar-refractivity contribution < 1.29 is 18.7 Å². The molecule has 1 heterocycles. The van der Waals surface area contributed by atoms with Gasteiger partial charge in [0.05, 0.1) is 12.7 Å². The maximum Gasteiger partial charge on any atom is 0.336 e. The fourth-order valence-electron chi connectivity index (χ4n) is 2.58. The van der Waals surface area contributed by atoms with E-state index in [1.54, 1.807) is 13.2 Å². The molecule has 25 heavy (non-hydrogen) atoms. The Morgan fingerprint density at radius 2 is 1.84 bits per heavy atom. The zero-order valence-corrected chi connectivity index (χ0v) is 15.3. The van der Waals surface area contributed by atoms with Gasteiger partial charge in [0.2, 0.25) is 0 Å². The van der Waals surface area contributed by atoms with E-state index in [2.05, 4.69) is 0 Å². The molecular formula is C20H24O5. The van der Waals surface area contributed by atoms with Gasteiger partial charge in [-0.1, -0.05) is 19.4 Å². The average molecular weight is 344 g/mol. The van der Waals surface area contributed by atoms with Crippen LogP contribution in [0.4, 0.5) is 0 Å². The molecule has 0 atom stereocenters. The van der Waals surface area contributed by atoms with Crippen LogP contribution in [0.1, 0.15) is 39.7 Å². The van der Waals surface area contributed by atoms with E-state index < -0.39 is 5.63 Å². The van der Waals surface area contributed by atoms with Crippen molar-refractivity contribution in [2.24, 2.45) is 5.92 Å². The lowest BCUT2D eigenvalue weighted by Gasteiger charge is -2.16. The van der Waals surface area contributed by atoms with Gasteiger partial charge in [0.15, 0.2) is 0 Å². The summed E-state index contributed by atoms with van der Waals surface area (Å²) in [6.07, 6.45) is 0.359. The Hall–Kier alpha value is -2.56. The van der Waals surface area contributed by atoms with Crippen molar-refractivity contribution in [3.05, 3.63) is 45.8 Å². The quantitative estimate of drug-likeness (QED) is 0.581. The number of ether oxygens (including phenoxy) is 2. The van der Waals surface area contributed by atoms with Crippen molar-refractivity contribution >= 4 is 22.5 Å². The summed E-state index contributed by atoms with van der Waals surface area (Å²) in [6.45, 7) is 7.87. The average Bonchev–Trinajstić information content (AvgIpc) is 2.54. The molecule has 0 radical (unpaired) electrons. The van der Waals surface area contributed by atoms with Crippen molar-refractivity contribution in [3.63, 3.8) is 0 Å². The van der Waals surface area contributed by atoms with Gasteiger partial charge in [0, 0.05) is 23.4 Å². The number of fused-ring (bicyclic) bond motifs is 1. The van der Waals surface area contributed by atoms with Gasteiger partial charge in [-0.15, -0.1) is 0 Å². The molecule has 0 amide bonds. The normalized spacial score (nSPS) is 10.8. The number of carbonyl (C=O) groups is 1. The summed E-state index contributed by atoms with van der Waals surface area (Å²) < 4.78 is 16.3. The number of hydrogen-bond donors (Lipinski definition) is 0. The van der Waals surface area contributed by atoms with E-state index >= 15 is 0 Å². The molecule has 0 fully saturated rings. The van der Waals surface area contributed by atoms with Gasteiger partial charge in [-0.2, -0.15) is 0 Å². The van der Waals surface area contributed by atoms with E-state index in [1.165, 1.54) is 6.07 Å². The highest BCUT2D eigenvalue weighted by molar-refractivity contribution is 5.93. The molecule has 0 aliphatic heterocycles. The van der Waals surface area contributed by atoms with E-state index in [0.717, 1.165) is 16.5 Å². The predicted octanol–water partition coefficient (Wildman–Crippen LogP) is 4.18. The summed E-state index contributed by atoms with van der Waals surface area (Å²) in [6, 6.07) is 6.73. The Kier molecular flexibility index (Phi) is 6.02. The maximum atomic E-state index is 11.9. The SMILES string of the molecule is COc1ccc2ccc(=O)oc2c1C(COC(=O)CC(C)C)=C(C)C. The molecule has 0 spiro atoms. The van der Waals surface area contributed by atoms with Crippen LogP contribution >= 0.6 is 0 Å². The van der Waals surface area contributed by atoms with Gasteiger partial charge in [0.1, 0.15) is 17.9 Å². The summed E-state index contributed by atoms with van der Waals surface area (Å²) in [4.78, 5) is 23.6. The topological polar surface area (TPSA) is 65.7 Å². The second-order valence-electron chi connectivity index (χ2n) is 6.55. The first-order valence-electron chi connectivity index (χ1n) is 8.26. The van der Waals surface area contributed by atoms with E-state index in [1.807, 2.05) is 39.8 Å². The molecule has 0 N–H and O–H groups in total. The second kappa shape index (κ2) is 8.01. The number of carbonyl (C=O) groups excluding carboxylic acids is 1. The number of hydrogen-bond acceptors (Lipinski definition) is 5. The first-order valence-corrected chi connectivity index (χ1v) is 8.26. The summed E-state index contributed by atoms with van der Waals surface area (Å²) in [5, 5.41) is 0.780. The van der Waals surface area contributed by atoms with Crippen LogP contribution in [0.15, 0.2) is 39.1 Å². The third-order valence-electron chi connectivity index (χ3n) is 3.83. The third-order valence-corrected chi connectivity index (χ3v) is 3.83. The maximum absolute atomic E-state index is 11.9. The highest BCUT2D eigenvalue weighted by Crippen LogP contribution is 2.35. The van der Waals surface area contributed by atoms with Gasteiger partial charge in [-0.3, -0.25) is 4.79 Å². The standard InChI is InChI=1S/C20H24O5/c1-12(2)10-18(22)24-11-15(13(3)4)19-16(23-5)8-6-14-7-9-17(21)25-20(14)19/h6-9,12H,10-11H2,1-5H3. The summed E-state index contributed by atoms with van der Waals surface area (Å²) >= 11 is 0. The van der Waals surface area contributed by atoms with Crippen LogP contribution < -0.4 is 10.4 Å². The minimum atomic E-state index is -0.438. The van der Waals surface area contributed by atoms with E-state index in [4.69, 9.17) is 13.9 Å². The number of methoxy groups -OCH3 is 1. The largest absolute Gasteiger partial charge is 0.496 e. The van der Waals surface area contributed by atoms with E-state index in [9.17, 15) is 9.59 Å². The van der Waals surface area contributed by atoms with Gasteiger partial charge >= 0.3 is 11.6 Å². The highest BCUT2D eigenvalue weighted by Gasteiger charge is 2.18. The molecule has 2 aromatic rings. The van der Waals surface area contributed by atoms with Crippen molar-refractivity contribution in [2.75, 3.05) is 13.7 Å². The third kappa shape index (κ3) is 4.50. The Morgan fingerprint density at radius 1 is 1.16 bits per heavy atom. The van der Waals surface area contributed by atoms with Crippen molar-refractivity contribution in [1.82, 2.24) is 0 Å². The summed E-state index contributed by atoms with van der Waals surface area (Å²) in [5.74, 6) is 0.542. The molecule has 0 aliphatic rings. The zero-order valence-electron chi connectivity index (χ0n) is 15.3. The molecule has 5 heteroatoms. The van der Waals surface area contributed by atoms with Crippen molar-refractivity contribution in [3.8, 4) is 5.75 Å². The minimum Gasteiger partial charge on any atom is -0.496 e. The number of benzene rings is 1. The highest BCUT2D eigenvalue weighted by atomic mass is 16.5. The van der Waals surface area contributed by atoms with Gasteiger partial charge in [0.25, 0.3) is 0 Å². The smallest absolute Gasteiger partial charge is 0.336 e. The fourth-order valence-corrected chi connectivity index (χ4v) is 2.58. The fraction of sp³-hybridized carbons (Fsp3) is 0.400. The predicted molar refractivity (Wildman–Crippen MR) is 97.7 cm³/mol. The molecule has 0 bridgehead atoms. The number of allylic oxidation sites excluding steroid dienone is 1. The van der Waals surface area contributed by atoms with Crippen molar-refractivity contribution in [2.45, 2.75) is 34.1 Å². The Balaban J connectivity index is 2.51. The van der Waals surface area contributed by atoms with E-state index in [0.29, 0.717) is 23.3 Å². The first-order chi connectivity index (χ1) is 11.8. The van der Waals surface area contributed by atoms with Crippen LogP contribution in [-0.2, 0) is 9.53 Å². The van der Waals surface area contributed by atoms with Crippen LogP contribution in [0.2, 0.25) is 0 Å². The van der Waals surface area contributed by atoms with Crippen LogP contribution in [0.25, 0.3) is 16.5 Å². The monoisotopic (exact) mass is 344 g/mol. The summed E-state index contributed by atoms with van der Waals surface area (Å²) in [5.41, 5.74) is 2.37. The Labute approximate surface area is 147 Å². The molecule has 2 rings (SSSR count). The van der Waals surface area contributed by atoms with Gasteiger partial charge in [-0.25, -0.2) is 4.79 Å². The molecule has 0 saturated carbocycles.